The van der Waals surface area contributed by atoms with Crippen molar-refractivity contribution >= 4 is 11.7 Å². The van der Waals surface area contributed by atoms with E-state index in [9.17, 15) is 4.79 Å². The molecule has 18 heavy (non-hydrogen) atoms. The maximum absolute atomic E-state index is 11.9. The van der Waals surface area contributed by atoms with E-state index in [-0.39, 0.29) is 11.9 Å². The number of ether oxygens (including phenoxy) is 1. The highest BCUT2D eigenvalue weighted by atomic mass is 16.5. The van der Waals surface area contributed by atoms with Gasteiger partial charge < -0.3 is 15.4 Å². The van der Waals surface area contributed by atoms with Crippen LogP contribution in [0.4, 0.5) is 5.82 Å². The number of rotatable bonds is 7. The van der Waals surface area contributed by atoms with Crippen LogP contribution >= 0.6 is 0 Å². The van der Waals surface area contributed by atoms with Crippen molar-refractivity contribution in [3.8, 4) is 0 Å². The normalized spacial score (nSPS) is 11.9. The Kier molecular flexibility index (Phi) is 6.07. The predicted molar refractivity (Wildman–Crippen MR) is 69.6 cm³/mol. The Bertz CT molecular complexity index is 384. The summed E-state index contributed by atoms with van der Waals surface area (Å²) in [5.74, 6) is 0.389. The second-order valence-corrected chi connectivity index (χ2v) is 3.98. The molecule has 6 heteroatoms. The van der Waals surface area contributed by atoms with Gasteiger partial charge in [-0.3, -0.25) is 9.78 Å². The molecule has 0 aliphatic carbocycles. The standard InChI is InChI=1S/C12H20N4O2/c1-4-14-11-8-13-7-10(16-11)12(17)15-9(2)5-6-18-3/h7-9H,4-6H2,1-3H3,(H,14,16)(H,15,17). The zero-order valence-corrected chi connectivity index (χ0v) is 11.1. The van der Waals surface area contributed by atoms with Crippen molar-refractivity contribution in [3.63, 3.8) is 0 Å². The Morgan fingerprint density at radius 2 is 2.28 bits per heavy atom. The first-order valence-electron chi connectivity index (χ1n) is 6.03. The lowest BCUT2D eigenvalue weighted by Gasteiger charge is -2.13. The highest BCUT2D eigenvalue weighted by Gasteiger charge is 2.11. The molecule has 100 valence electrons. The van der Waals surface area contributed by atoms with E-state index in [1.54, 1.807) is 13.3 Å². The third-order valence-corrected chi connectivity index (χ3v) is 2.36. The third-order valence-electron chi connectivity index (χ3n) is 2.36. The van der Waals surface area contributed by atoms with Crippen LogP contribution in [-0.2, 0) is 4.74 Å². The van der Waals surface area contributed by atoms with Crippen molar-refractivity contribution < 1.29 is 9.53 Å². The van der Waals surface area contributed by atoms with Crippen molar-refractivity contribution in [2.24, 2.45) is 0 Å². The summed E-state index contributed by atoms with van der Waals surface area (Å²) in [7, 11) is 1.64. The van der Waals surface area contributed by atoms with Gasteiger partial charge in [-0.25, -0.2) is 4.98 Å². The molecule has 0 bridgehead atoms. The van der Waals surface area contributed by atoms with Crippen molar-refractivity contribution in [3.05, 3.63) is 18.1 Å². The van der Waals surface area contributed by atoms with Crippen LogP contribution in [0.15, 0.2) is 12.4 Å². The first-order valence-corrected chi connectivity index (χ1v) is 6.03. The largest absolute Gasteiger partial charge is 0.385 e. The molecule has 1 rings (SSSR count). The van der Waals surface area contributed by atoms with Crippen molar-refractivity contribution in [2.75, 3.05) is 25.6 Å². The molecule has 1 aromatic heterocycles. The Morgan fingerprint density at radius 1 is 1.50 bits per heavy atom. The second-order valence-electron chi connectivity index (χ2n) is 3.98. The minimum atomic E-state index is -0.217. The molecule has 1 heterocycles. The molecule has 2 N–H and O–H groups in total. The molecule has 0 aliphatic rings. The number of hydrogen-bond donors (Lipinski definition) is 2. The van der Waals surface area contributed by atoms with E-state index in [1.807, 2.05) is 13.8 Å². The minimum Gasteiger partial charge on any atom is -0.385 e. The summed E-state index contributed by atoms with van der Waals surface area (Å²) in [5, 5.41) is 5.87. The fraction of sp³-hybridized carbons (Fsp3) is 0.583. The monoisotopic (exact) mass is 252 g/mol. The Hall–Kier alpha value is -1.69. The lowest BCUT2D eigenvalue weighted by atomic mass is 10.2. The van der Waals surface area contributed by atoms with Crippen molar-refractivity contribution in [2.45, 2.75) is 26.3 Å². The van der Waals surface area contributed by atoms with Crippen LogP contribution in [0.5, 0.6) is 0 Å². The van der Waals surface area contributed by atoms with Gasteiger partial charge in [0, 0.05) is 26.3 Å². The van der Waals surface area contributed by atoms with E-state index in [2.05, 4.69) is 20.6 Å². The average molecular weight is 252 g/mol. The predicted octanol–water partition coefficient (Wildman–Crippen LogP) is 1.06. The van der Waals surface area contributed by atoms with Crippen molar-refractivity contribution in [1.29, 1.82) is 0 Å². The lowest BCUT2D eigenvalue weighted by Crippen LogP contribution is -2.34. The van der Waals surface area contributed by atoms with Crippen LogP contribution in [0.25, 0.3) is 0 Å². The molecule has 1 atom stereocenters. The molecule has 0 saturated carbocycles. The number of carbonyl (C=O) groups is 1. The molecule has 0 aromatic carbocycles. The number of nitrogens with one attached hydrogen (secondary N) is 2. The van der Waals surface area contributed by atoms with E-state index in [1.165, 1.54) is 6.20 Å². The number of anilines is 1. The fourth-order valence-corrected chi connectivity index (χ4v) is 1.41. The second kappa shape index (κ2) is 7.60. The summed E-state index contributed by atoms with van der Waals surface area (Å²) in [6, 6.07) is 0.0436. The zero-order valence-electron chi connectivity index (χ0n) is 11.1. The Morgan fingerprint density at radius 3 is 2.94 bits per heavy atom. The topological polar surface area (TPSA) is 76.1 Å². The molecule has 0 saturated heterocycles. The van der Waals surface area contributed by atoms with Crippen LogP contribution in [0, 0.1) is 0 Å². The van der Waals surface area contributed by atoms with Crippen LogP contribution in [0.1, 0.15) is 30.8 Å². The molecule has 0 spiro atoms. The molecule has 0 aliphatic heterocycles. The van der Waals surface area contributed by atoms with Gasteiger partial charge in [0.1, 0.15) is 11.5 Å². The van der Waals surface area contributed by atoms with Crippen molar-refractivity contribution in [1.82, 2.24) is 15.3 Å². The van der Waals surface area contributed by atoms with E-state index in [0.29, 0.717) is 18.1 Å². The van der Waals surface area contributed by atoms with Crippen LogP contribution < -0.4 is 10.6 Å². The SMILES string of the molecule is CCNc1cncc(C(=O)NC(C)CCOC)n1. The highest BCUT2D eigenvalue weighted by Crippen LogP contribution is 2.02. The average Bonchev–Trinajstić information content (AvgIpc) is 2.37. The van der Waals surface area contributed by atoms with E-state index < -0.39 is 0 Å². The zero-order chi connectivity index (χ0) is 13.4. The maximum atomic E-state index is 11.9. The first-order chi connectivity index (χ1) is 8.67. The smallest absolute Gasteiger partial charge is 0.271 e. The number of carbonyl (C=O) groups excluding carboxylic acids is 1. The van der Waals surface area contributed by atoms with E-state index in [4.69, 9.17) is 4.74 Å². The summed E-state index contributed by atoms with van der Waals surface area (Å²) < 4.78 is 4.96. The number of hydrogen-bond acceptors (Lipinski definition) is 5. The molecule has 1 amide bonds. The van der Waals surface area contributed by atoms with Crippen LogP contribution in [0.3, 0.4) is 0 Å². The summed E-state index contributed by atoms with van der Waals surface area (Å²) in [5.41, 5.74) is 0.317. The third kappa shape index (κ3) is 4.67. The van der Waals surface area contributed by atoms with Gasteiger partial charge in [0.2, 0.25) is 0 Å². The van der Waals surface area contributed by atoms with Crippen LogP contribution in [0.2, 0.25) is 0 Å². The summed E-state index contributed by atoms with van der Waals surface area (Å²) in [4.78, 5) is 20.1. The quantitative estimate of drug-likeness (QED) is 0.759. The molecule has 1 aromatic rings. The molecule has 1 unspecified atom stereocenters. The summed E-state index contributed by atoms with van der Waals surface area (Å²) in [6.45, 7) is 5.24. The van der Waals surface area contributed by atoms with Gasteiger partial charge >= 0.3 is 0 Å². The van der Waals surface area contributed by atoms with E-state index >= 15 is 0 Å². The van der Waals surface area contributed by atoms with Gasteiger partial charge in [-0.05, 0) is 20.3 Å². The first kappa shape index (κ1) is 14.4. The Balaban J connectivity index is 2.57. The van der Waals surface area contributed by atoms with Gasteiger partial charge in [-0.2, -0.15) is 0 Å². The summed E-state index contributed by atoms with van der Waals surface area (Å²) >= 11 is 0. The summed E-state index contributed by atoms with van der Waals surface area (Å²) in [6.07, 6.45) is 3.82. The molecule has 0 radical (unpaired) electrons. The number of nitrogens with zero attached hydrogens (tertiary/aromatic N) is 2. The molecular formula is C12H20N4O2. The lowest BCUT2D eigenvalue weighted by molar-refractivity contribution is 0.0924. The molecule has 6 nitrogen and oxygen atoms in total. The van der Waals surface area contributed by atoms with Gasteiger partial charge in [0.25, 0.3) is 5.91 Å². The van der Waals surface area contributed by atoms with E-state index in [0.717, 1.165) is 13.0 Å². The highest BCUT2D eigenvalue weighted by molar-refractivity contribution is 5.92. The minimum absolute atomic E-state index is 0.0436. The maximum Gasteiger partial charge on any atom is 0.271 e. The van der Waals surface area contributed by atoms with Gasteiger partial charge in [0.15, 0.2) is 0 Å². The van der Waals surface area contributed by atoms with Crippen LogP contribution in [-0.4, -0.2) is 42.2 Å². The fourth-order valence-electron chi connectivity index (χ4n) is 1.41. The number of methoxy groups -OCH3 is 1. The number of aromatic nitrogens is 2. The Labute approximate surface area is 107 Å². The van der Waals surface area contributed by atoms with Gasteiger partial charge in [0.05, 0.1) is 12.4 Å². The van der Waals surface area contributed by atoms with Gasteiger partial charge in [-0.15, -0.1) is 0 Å². The molecular weight excluding hydrogens is 232 g/mol. The number of amides is 1. The molecule has 0 fully saturated rings. The van der Waals surface area contributed by atoms with Gasteiger partial charge in [-0.1, -0.05) is 0 Å².